The first-order chi connectivity index (χ1) is 11.6. The number of unbranched alkanes of at least 4 members (excludes halogenated alkanes) is 7. The Bertz CT molecular complexity index is 517. The average Bonchev–Trinajstić information content (AvgIpc) is 2.58. The average molecular weight is 330 g/mol. The molecule has 1 aromatic carbocycles. The Labute approximate surface area is 146 Å². The van der Waals surface area contributed by atoms with E-state index in [1.807, 2.05) is 30.3 Å². The van der Waals surface area contributed by atoms with Crippen LogP contribution in [0.25, 0.3) is 6.08 Å². The summed E-state index contributed by atoms with van der Waals surface area (Å²) in [5, 5.41) is 0. The number of rotatable bonds is 12. The van der Waals surface area contributed by atoms with Crippen LogP contribution in [0.15, 0.2) is 35.9 Å². The molecule has 0 heterocycles. The smallest absolute Gasteiger partial charge is 0.341 e. The van der Waals surface area contributed by atoms with E-state index in [0.717, 1.165) is 18.4 Å². The Morgan fingerprint density at radius 3 is 2.08 bits per heavy atom. The van der Waals surface area contributed by atoms with Crippen molar-refractivity contribution in [3.05, 3.63) is 41.5 Å². The van der Waals surface area contributed by atoms with Crippen LogP contribution in [-0.4, -0.2) is 18.4 Å². The maximum atomic E-state index is 12.1. The first kappa shape index (κ1) is 20.1. The Morgan fingerprint density at radius 1 is 0.917 bits per heavy atom. The van der Waals surface area contributed by atoms with Gasteiger partial charge in [-0.05, 0) is 25.0 Å². The van der Waals surface area contributed by atoms with E-state index in [1.54, 1.807) is 6.08 Å². The number of esters is 1. The van der Waals surface area contributed by atoms with E-state index in [2.05, 4.69) is 6.92 Å². The van der Waals surface area contributed by atoms with Crippen LogP contribution in [-0.2, 0) is 14.3 Å². The van der Waals surface area contributed by atoms with E-state index in [-0.39, 0.29) is 11.4 Å². The zero-order valence-electron chi connectivity index (χ0n) is 15.1. The van der Waals surface area contributed by atoms with Gasteiger partial charge in [-0.3, -0.25) is 4.79 Å². The Morgan fingerprint density at radius 2 is 1.50 bits per heavy atom. The molecule has 1 aromatic rings. The van der Waals surface area contributed by atoms with Gasteiger partial charge in [0.1, 0.15) is 5.57 Å². The normalized spacial score (nSPS) is 11.3. The minimum atomic E-state index is -0.519. The molecule has 132 valence electrons. The molecule has 0 aliphatic rings. The van der Waals surface area contributed by atoms with Gasteiger partial charge in [-0.15, -0.1) is 0 Å². The van der Waals surface area contributed by atoms with Crippen LogP contribution in [0.5, 0.6) is 0 Å². The summed E-state index contributed by atoms with van der Waals surface area (Å²) in [6.45, 7) is 4.00. The van der Waals surface area contributed by atoms with Crippen molar-refractivity contribution in [2.45, 2.75) is 65.2 Å². The Balaban J connectivity index is 2.29. The molecule has 0 saturated heterocycles. The lowest BCUT2D eigenvalue weighted by Gasteiger charge is -2.06. The van der Waals surface area contributed by atoms with Crippen LogP contribution in [0.1, 0.15) is 70.8 Å². The summed E-state index contributed by atoms with van der Waals surface area (Å²) in [6.07, 6.45) is 11.1. The predicted octanol–water partition coefficient (Wildman–Crippen LogP) is 5.34. The minimum Gasteiger partial charge on any atom is -0.462 e. The lowest BCUT2D eigenvalue weighted by molar-refractivity contribution is -0.140. The molecule has 24 heavy (non-hydrogen) atoms. The summed E-state index contributed by atoms with van der Waals surface area (Å²) < 4.78 is 5.25. The van der Waals surface area contributed by atoms with Crippen LogP contribution < -0.4 is 0 Å². The summed E-state index contributed by atoms with van der Waals surface area (Å²) in [4.78, 5) is 23.8. The standard InChI is InChI=1S/C21H30O3/c1-3-4-5-6-7-8-9-13-16-24-21(23)20(18(2)22)17-19-14-11-10-12-15-19/h10-12,14-15,17H,3-9,13,16H2,1-2H3. The first-order valence-electron chi connectivity index (χ1n) is 9.10. The summed E-state index contributed by atoms with van der Waals surface area (Å²) >= 11 is 0. The minimum absolute atomic E-state index is 0.112. The molecule has 0 saturated carbocycles. The van der Waals surface area contributed by atoms with Gasteiger partial charge in [-0.1, -0.05) is 82.2 Å². The maximum Gasteiger partial charge on any atom is 0.341 e. The van der Waals surface area contributed by atoms with Gasteiger partial charge in [0.15, 0.2) is 5.78 Å². The topological polar surface area (TPSA) is 43.4 Å². The van der Waals surface area contributed by atoms with Gasteiger partial charge in [0.2, 0.25) is 0 Å². The van der Waals surface area contributed by atoms with Crippen molar-refractivity contribution in [2.24, 2.45) is 0 Å². The van der Waals surface area contributed by atoms with Crippen molar-refractivity contribution in [3.63, 3.8) is 0 Å². The number of carbonyl (C=O) groups is 2. The highest BCUT2D eigenvalue weighted by Crippen LogP contribution is 2.11. The lowest BCUT2D eigenvalue weighted by atomic mass is 10.1. The molecule has 0 N–H and O–H groups in total. The highest BCUT2D eigenvalue weighted by molar-refractivity contribution is 6.19. The van der Waals surface area contributed by atoms with Crippen molar-refractivity contribution in [1.29, 1.82) is 0 Å². The maximum absolute atomic E-state index is 12.1. The zero-order chi connectivity index (χ0) is 17.6. The molecule has 1 rings (SSSR count). The van der Waals surface area contributed by atoms with Crippen molar-refractivity contribution < 1.29 is 14.3 Å². The summed E-state index contributed by atoms with van der Waals surface area (Å²) in [7, 11) is 0. The number of ketones is 1. The van der Waals surface area contributed by atoms with Crippen molar-refractivity contribution in [1.82, 2.24) is 0 Å². The number of carbonyl (C=O) groups excluding carboxylic acids is 2. The molecule has 0 aliphatic carbocycles. The SMILES string of the molecule is CCCCCCCCCCOC(=O)C(=Cc1ccccc1)C(C)=O. The summed E-state index contributed by atoms with van der Waals surface area (Å²) in [5.74, 6) is -0.783. The van der Waals surface area contributed by atoms with Crippen molar-refractivity contribution in [2.75, 3.05) is 6.61 Å². The highest BCUT2D eigenvalue weighted by Gasteiger charge is 2.15. The molecule has 0 bridgehead atoms. The largest absolute Gasteiger partial charge is 0.462 e. The lowest BCUT2D eigenvalue weighted by Crippen LogP contribution is -2.14. The highest BCUT2D eigenvalue weighted by atomic mass is 16.5. The summed E-state index contributed by atoms with van der Waals surface area (Å²) in [6, 6.07) is 9.35. The fourth-order valence-electron chi connectivity index (χ4n) is 2.50. The number of hydrogen-bond acceptors (Lipinski definition) is 3. The molecule has 0 amide bonds. The van der Waals surface area contributed by atoms with E-state index < -0.39 is 5.97 Å². The van der Waals surface area contributed by atoms with Gasteiger partial charge >= 0.3 is 5.97 Å². The van der Waals surface area contributed by atoms with Crippen molar-refractivity contribution in [3.8, 4) is 0 Å². The van der Waals surface area contributed by atoms with Crippen LogP contribution in [0, 0.1) is 0 Å². The van der Waals surface area contributed by atoms with Gasteiger partial charge in [0.25, 0.3) is 0 Å². The number of Topliss-reactive ketones (excluding diaryl/α,β-unsaturated/α-hetero) is 1. The van der Waals surface area contributed by atoms with Gasteiger partial charge in [-0.2, -0.15) is 0 Å². The second-order valence-corrected chi connectivity index (χ2v) is 6.14. The van der Waals surface area contributed by atoms with Crippen LogP contribution in [0.3, 0.4) is 0 Å². The Kier molecular flexibility index (Phi) is 10.5. The molecule has 0 radical (unpaired) electrons. The molecule has 0 aromatic heterocycles. The van der Waals surface area contributed by atoms with E-state index in [9.17, 15) is 9.59 Å². The zero-order valence-corrected chi connectivity index (χ0v) is 15.1. The molecule has 0 atom stereocenters. The molecule has 3 heteroatoms. The second kappa shape index (κ2) is 12.5. The molecule has 0 fully saturated rings. The molecular formula is C21H30O3. The second-order valence-electron chi connectivity index (χ2n) is 6.14. The summed E-state index contributed by atoms with van der Waals surface area (Å²) in [5.41, 5.74) is 0.937. The van der Waals surface area contributed by atoms with Gasteiger partial charge in [0.05, 0.1) is 6.61 Å². The van der Waals surface area contributed by atoms with E-state index in [1.165, 1.54) is 45.4 Å². The molecule has 0 unspecified atom stereocenters. The van der Waals surface area contributed by atoms with E-state index in [4.69, 9.17) is 4.74 Å². The van der Waals surface area contributed by atoms with Crippen molar-refractivity contribution >= 4 is 17.8 Å². The fraction of sp³-hybridized carbons (Fsp3) is 0.524. The van der Waals surface area contributed by atoms with Crippen LogP contribution in [0.4, 0.5) is 0 Å². The fourth-order valence-corrected chi connectivity index (χ4v) is 2.50. The van der Waals surface area contributed by atoms with E-state index in [0.29, 0.717) is 6.61 Å². The third kappa shape index (κ3) is 8.66. The number of hydrogen-bond donors (Lipinski definition) is 0. The van der Waals surface area contributed by atoms with Gasteiger partial charge < -0.3 is 4.74 Å². The molecule has 3 nitrogen and oxygen atoms in total. The number of ether oxygens (including phenoxy) is 1. The third-order valence-corrected chi connectivity index (χ3v) is 3.94. The molecule has 0 spiro atoms. The molecular weight excluding hydrogens is 300 g/mol. The third-order valence-electron chi connectivity index (χ3n) is 3.94. The quantitative estimate of drug-likeness (QED) is 0.171. The van der Waals surface area contributed by atoms with Crippen LogP contribution >= 0.6 is 0 Å². The monoisotopic (exact) mass is 330 g/mol. The predicted molar refractivity (Wildman–Crippen MR) is 98.7 cm³/mol. The Hall–Kier alpha value is -1.90. The van der Waals surface area contributed by atoms with Crippen LogP contribution in [0.2, 0.25) is 0 Å². The first-order valence-corrected chi connectivity index (χ1v) is 9.10. The van der Waals surface area contributed by atoms with E-state index >= 15 is 0 Å². The van der Waals surface area contributed by atoms with Gasteiger partial charge in [-0.25, -0.2) is 4.79 Å². The number of benzene rings is 1. The molecule has 0 aliphatic heterocycles. The van der Waals surface area contributed by atoms with Gasteiger partial charge in [0, 0.05) is 0 Å².